The molecule has 0 aromatic rings. The van der Waals surface area contributed by atoms with E-state index in [4.69, 9.17) is 0 Å². The van der Waals surface area contributed by atoms with E-state index in [1.807, 2.05) is 0 Å². The van der Waals surface area contributed by atoms with Crippen molar-refractivity contribution in [2.45, 2.75) is 33.1 Å². The summed E-state index contributed by atoms with van der Waals surface area (Å²) < 4.78 is 0. The Labute approximate surface area is 92.2 Å². The fourth-order valence-corrected chi connectivity index (χ4v) is 2.50. The maximum absolute atomic E-state index is 12.0. The smallest absolute Gasteiger partial charge is 0.222 e. The molecule has 2 fully saturated rings. The standard InChI is InChI=1S/C12H22N2O/c1-12(2)4-3-5-14(9-12)11(15)6-10-7-13-8-10/h10,13H,3-9H2,1-2H3. The van der Waals surface area contributed by atoms with Gasteiger partial charge in [-0.25, -0.2) is 0 Å². The molecule has 0 atom stereocenters. The number of hydrogen-bond donors (Lipinski definition) is 1. The molecule has 2 heterocycles. The second-order valence-corrected chi connectivity index (χ2v) is 5.81. The molecule has 0 unspecified atom stereocenters. The van der Waals surface area contributed by atoms with Crippen molar-refractivity contribution in [1.29, 1.82) is 0 Å². The molecule has 2 saturated heterocycles. The van der Waals surface area contributed by atoms with E-state index in [1.165, 1.54) is 12.8 Å². The molecule has 2 aliphatic rings. The van der Waals surface area contributed by atoms with Gasteiger partial charge in [-0.2, -0.15) is 0 Å². The predicted molar refractivity (Wildman–Crippen MR) is 60.6 cm³/mol. The largest absolute Gasteiger partial charge is 0.342 e. The van der Waals surface area contributed by atoms with Crippen LogP contribution in [0.1, 0.15) is 33.1 Å². The minimum absolute atomic E-state index is 0.325. The molecule has 2 aliphatic heterocycles. The van der Waals surface area contributed by atoms with Crippen molar-refractivity contribution in [3.05, 3.63) is 0 Å². The minimum atomic E-state index is 0.325. The third-order valence-corrected chi connectivity index (χ3v) is 3.58. The summed E-state index contributed by atoms with van der Waals surface area (Å²) in [5, 5.41) is 3.22. The lowest BCUT2D eigenvalue weighted by Gasteiger charge is -2.39. The Morgan fingerprint density at radius 3 is 2.73 bits per heavy atom. The second-order valence-electron chi connectivity index (χ2n) is 5.81. The first kappa shape index (κ1) is 10.9. The van der Waals surface area contributed by atoms with Crippen LogP contribution in [0.15, 0.2) is 0 Å². The Morgan fingerprint density at radius 2 is 2.20 bits per heavy atom. The van der Waals surface area contributed by atoms with Crippen molar-refractivity contribution >= 4 is 5.91 Å². The zero-order valence-corrected chi connectivity index (χ0v) is 9.88. The Hall–Kier alpha value is -0.570. The van der Waals surface area contributed by atoms with E-state index >= 15 is 0 Å². The maximum Gasteiger partial charge on any atom is 0.222 e. The fourth-order valence-electron chi connectivity index (χ4n) is 2.50. The summed E-state index contributed by atoms with van der Waals surface area (Å²) in [4.78, 5) is 14.1. The molecule has 0 aromatic carbocycles. The van der Waals surface area contributed by atoms with Crippen molar-refractivity contribution < 1.29 is 4.79 Å². The monoisotopic (exact) mass is 210 g/mol. The highest BCUT2D eigenvalue weighted by molar-refractivity contribution is 5.76. The van der Waals surface area contributed by atoms with Crippen LogP contribution < -0.4 is 5.32 Å². The molecule has 0 aromatic heterocycles. The predicted octanol–water partition coefficient (Wildman–Crippen LogP) is 1.24. The lowest BCUT2D eigenvalue weighted by Crippen LogP contribution is -2.48. The van der Waals surface area contributed by atoms with Crippen LogP contribution in [0, 0.1) is 11.3 Å². The number of carbonyl (C=O) groups is 1. The Morgan fingerprint density at radius 1 is 1.47 bits per heavy atom. The van der Waals surface area contributed by atoms with E-state index < -0.39 is 0 Å². The lowest BCUT2D eigenvalue weighted by molar-refractivity contribution is -0.135. The summed E-state index contributed by atoms with van der Waals surface area (Å²) in [6.45, 7) is 8.51. The van der Waals surface area contributed by atoms with Crippen molar-refractivity contribution in [2.24, 2.45) is 11.3 Å². The number of rotatable bonds is 2. The quantitative estimate of drug-likeness (QED) is 0.744. The summed E-state index contributed by atoms with van der Waals surface area (Å²) in [7, 11) is 0. The molecule has 0 spiro atoms. The van der Waals surface area contributed by atoms with Gasteiger partial charge in [0.05, 0.1) is 0 Å². The number of nitrogens with one attached hydrogen (secondary N) is 1. The summed E-state index contributed by atoms with van der Waals surface area (Å²) in [6.07, 6.45) is 3.17. The molecule has 2 rings (SSSR count). The average molecular weight is 210 g/mol. The Balaban J connectivity index is 1.83. The van der Waals surface area contributed by atoms with Gasteiger partial charge in [-0.1, -0.05) is 13.8 Å². The highest BCUT2D eigenvalue weighted by Gasteiger charge is 2.30. The average Bonchev–Trinajstić information content (AvgIpc) is 2.09. The van der Waals surface area contributed by atoms with Gasteiger partial charge < -0.3 is 10.2 Å². The van der Waals surface area contributed by atoms with Crippen LogP contribution >= 0.6 is 0 Å². The first-order valence-corrected chi connectivity index (χ1v) is 6.05. The highest BCUT2D eigenvalue weighted by atomic mass is 16.2. The van der Waals surface area contributed by atoms with E-state index in [-0.39, 0.29) is 0 Å². The van der Waals surface area contributed by atoms with Crippen LogP contribution in [0.3, 0.4) is 0 Å². The van der Waals surface area contributed by atoms with Gasteiger partial charge in [0.15, 0.2) is 0 Å². The number of amides is 1. The SMILES string of the molecule is CC1(C)CCCN(C(=O)CC2CNC2)C1. The molecule has 1 amide bonds. The molecule has 0 bridgehead atoms. The van der Waals surface area contributed by atoms with Crippen LogP contribution in [0.5, 0.6) is 0 Å². The normalized spacial score (nSPS) is 26.1. The fraction of sp³-hybridized carbons (Fsp3) is 0.917. The van der Waals surface area contributed by atoms with Crippen molar-refractivity contribution in [2.75, 3.05) is 26.2 Å². The van der Waals surface area contributed by atoms with E-state index in [1.54, 1.807) is 0 Å². The molecule has 0 aliphatic carbocycles. The number of piperidine rings is 1. The van der Waals surface area contributed by atoms with Crippen molar-refractivity contribution in [3.63, 3.8) is 0 Å². The van der Waals surface area contributed by atoms with E-state index in [0.29, 0.717) is 17.2 Å². The highest BCUT2D eigenvalue weighted by Crippen LogP contribution is 2.29. The minimum Gasteiger partial charge on any atom is -0.342 e. The van der Waals surface area contributed by atoms with Gasteiger partial charge in [0.25, 0.3) is 0 Å². The molecule has 3 nitrogen and oxygen atoms in total. The van der Waals surface area contributed by atoms with Gasteiger partial charge >= 0.3 is 0 Å². The maximum atomic E-state index is 12.0. The molecule has 3 heteroatoms. The molecule has 0 radical (unpaired) electrons. The zero-order chi connectivity index (χ0) is 10.9. The third kappa shape index (κ3) is 2.71. The molecule has 0 saturated carbocycles. The summed E-state index contributed by atoms with van der Waals surface area (Å²) in [5.41, 5.74) is 0.325. The third-order valence-electron chi connectivity index (χ3n) is 3.58. The van der Waals surface area contributed by atoms with E-state index in [0.717, 1.165) is 32.6 Å². The van der Waals surface area contributed by atoms with E-state index in [2.05, 4.69) is 24.1 Å². The summed E-state index contributed by atoms with van der Waals surface area (Å²) in [6, 6.07) is 0. The van der Waals surface area contributed by atoms with Crippen LogP contribution in [0.2, 0.25) is 0 Å². The number of likely N-dealkylation sites (tertiary alicyclic amines) is 1. The Bertz CT molecular complexity index is 246. The molecule has 1 N–H and O–H groups in total. The van der Waals surface area contributed by atoms with Gasteiger partial charge in [-0.3, -0.25) is 4.79 Å². The van der Waals surface area contributed by atoms with Gasteiger partial charge in [0.1, 0.15) is 0 Å². The Kier molecular flexibility index (Phi) is 3.01. The first-order chi connectivity index (χ1) is 7.07. The van der Waals surface area contributed by atoms with Gasteiger partial charge in [-0.05, 0) is 37.3 Å². The molecular formula is C12H22N2O. The van der Waals surface area contributed by atoms with Crippen molar-refractivity contribution in [3.8, 4) is 0 Å². The second kappa shape index (κ2) is 4.12. The van der Waals surface area contributed by atoms with Crippen molar-refractivity contribution in [1.82, 2.24) is 10.2 Å². The van der Waals surface area contributed by atoms with E-state index in [9.17, 15) is 4.79 Å². The van der Waals surface area contributed by atoms with Crippen LogP contribution in [0.4, 0.5) is 0 Å². The number of nitrogens with zero attached hydrogens (tertiary/aromatic N) is 1. The van der Waals surface area contributed by atoms with Crippen LogP contribution in [0.25, 0.3) is 0 Å². The van der Waals surface area contributed by atoms with Gasteiger partial charge in [0, 0.05) is 19.5 Å². The summed E-state index contributed by atoms with van der Waals surface area (Å²) in [5.74, 6) is 0.969. The van der Waals surface area contributed by atoms with Crippen LogP contribution in [-0.2, 0) is 4.79 Å². The topological polar surface area (TPSA) is 32.3 Å². The number of hydrogen-bond acceptors (Lipinski definition) is 2. The molecule has 15 heavy (non-hydrogen) atoms. The van der Waals surface area contributed by atoms with Crippen LogP contribution in [-0.4, -0.2) is 37.0 Å². The molecule has 86 valence electrons. The van der Waals surface area contributed by atoms with Gasteiger partial charge in [0.2, 0.25) is 5.91 Å². The zero-order valence-electron chi connectivity index (χ0n) is 9.88. The number of carbonyl (C=O) groups excluding carboxylic acids is 1. The van der Waals surface area contributed by atoms with Gasteiger partial charge in [-0.15, -0.1) is 0 Å². The molecular weight excluding hydrogens is 188 g/mol. The lowest BCUT2D eigenvalue weighted by atomic mass is 9.84. The summed E-state index contributed by atoms with van der Waals surface area (Å²) >= 11 is 0. The first-order valence-electron chi connectivity index (χ1n) is 6.05.